The molecule has 0 spiro atoms. The van der Waals surface area contributed by atoms with Crippen molar-refractivity contribution in [3.8, 4) is 5.75 Å². The molecule has 6 heteroatoms. The van der Waals surface area contributed by atoms with Gasteiger partial charge in [0.2, 0.25) is 5.91 Å². The fraction of sp³-hybridized carbons (Fsp3) is 0.556. The van der Waals surface area contributed by atoms with Crippen molar-refractivity contribution < 1.29 is 14.3 Å². The van der Waals surface area contributed by atoms with Gasteiger partial charge in [-0.05, 0) is 44.7 Å². The van der Waals surface area contributed by atoms with Crippen molar-refractivity contribution in [2.24, 2.45) is 5.92 Å². The van der Waals surface area contributed by atoms with E-state index >= 15 is 0 Å². The molecule has 2 aliphatic rings. The first-order valence-electron chi connectivity index (χ1n) is 8.75. The second-order valence-electron chi connectivity index (χ2n) is 6.43. The topological polar surface area (TPSA) is 70.7 Å². The maximum atomic E-state index is 12.6. The zero-order valence-corrected chi connectivity index (χ0v) is 14.1. The van der Waals surface area contributed by atoms with Gasteiger partial charge in [-0.1, -0.05) is 12.1 Å². The molecule has 1 heterocycles. The molecule has 2 N–H and O–H groups in total. The Hall–Kier alpha value is -2.24. The highest BCUT2D eigenvalue weighted by Crippen LogP contribution is 2.26. The van der Waals surface area contributed by atoms with E-state index in [2.05, 4.69) is 10.6 Å². The molecule has 0 aromatic heterocycles. The van der Waals surface area contributed by atoms with Crippen LogP contribution in [-0.4, -0.2) is 42.6 Å². The maximum Gasteiger partial charge on any atom is 0.317 e. The predicted octanol–water partition coefficient (Wildman–Crippen LogP) is 2.61. The highest BCUT2D eigenvalue weighted by Gasteiger charge is 2.31. The summed E-state index contributed by atoms with van der Waals surface area (Å²) < 4.78 is 5.55. The number of nitrogens with zero attached hydrogens (tertiary/aromatic N) is 1. The summed E-state index contributed by atoms with van der Waals surface area (Å²) in [6.07, 6.45) is 3.79. The number of likely N-dealkylation sites (tertiary alicyclic amines) is 1. The van der Waals surface area contributed by atoms with Crippen LogP contribution in [0.2, 0.25) is 0 Å². The summed E-state index contributed by atoms with van der Waals surface area (Å²) in [5, 5.41) is 5.95. The first kappa shape index (κ1) is 16.6. The molecular weight excluding hydrogens is 306 g/mol. The van der Waals surface area contributed by atoms with Crippen LogP contribution in [0.1, 0.15) is 32.6 Å². The molecule has 0 radical (unpaired) electrons. The van der Waals surface area contributed by atoms with Crippen molar-refractivity contribution in [1.29, 1.82) is 0 Å². The molecule has 2 fully saturated rings. The normalized spacial score (nSPS) is 20.4. The summed E-state index contributed by atoms with van der Waals surface area (Å²) in [6, 6.07) is 7.73. The van der Waals surface area contributed by atoms with Crippen LogP contribution in [0, 0.1) is 5.92 Å². The standard InChI is InChI=1S/C18H25N3O3/c1-2-24-16-8-4-3-7-15(16)20-17(22)13-6-5-11-21(12-13)18(23)19-14-9-10-14/h3-4,7-8,13-14H,2,5-6,9-12H2,1H3,(H,19,23)(H,20,22). The number of nitrogens with one attached hydrogen (secondary N) is 2. The molecular formula is C18H25N3O3. The third kappa shape index (κ3) is 4.19. The van der Waals surface area contributed by atoms with Gasteiger partial charge < -0.3 is 20.3 Å². The molecule has 1 saturated carbocycles. The summed E-state index contributed by atoms with van der Waals surface area (Å²) in [5.41, 5.74) is 0.684. The molecule has 24 heavy (non-hydrogen) atoms. The van der Waals surface area contributed by atoms with E-state index in [1.54, 1.807) is 4.90 Å². The van der Waals surface area contributed by atoms with Gasteiger partial charge in [0.15, 0.2) is 0 Å². The summed E-state index contributed by atoms with van der Waals surface area (Å²) in [5.74, 6) is 0.442. The van der Waals surface area contributed by atoms with E-state index < -0.39 is 0 Å². The zero-order valence-electron chi connectivity index (χ0n) is 14.1. The highest BCUT2D eigenvalue weighted by molar-refractivity contribution is 5.94. The molecule has 1 aromatic rings. The molecule has 6 nitrogen and oxygen atoms in total. The lowest BCUT2D eigenvalue weighted by molar-refractivity contribution is -0.121. The molecule has 3 rings (SSSR count). The number of hydrogen-bond acceptors (Lipinski definition) is 3. The molecule has 1 aliphatic carbocycles. The molecule has 0 bridgehead atoms. The number of amides is 3. The Morgan fingerprint density at radius 2 is 2.04 bits per heavy atom. The van der Waals surface area contributed by atoms with Gasteiger partial charge in [0, 0.05) is 19.1 Å². The van der Waals surface area contributed by atoms with Crippen LogP contribution in [0.5, 0.6) is 5.75 Å². The number of piperidine rings is 1. The summed E-state index contributed by atoms with van der Waals surface area (Å²) in [4.78, 5) is 26.5. The third-order valence-electron chi connectivity index (χ3n) is 4.43. The minimum Gasteiger partial charge on any atom is -0.492 e. The van der Waals surface area contributed by atoms with Crippen molar-refractivity contribution in [2.45, 2.75) is 38.6 Å². The number of anilines is 1. The lowest BCUT2D eigenvalue weighted by atomic mass is 9.97. The average Bonchev–Trinajstić information content (AvgIpc) is 3.41. The van der Waals surface area contributed by atoms with Gasteiger partial charge in [0.05, 0.1) is 18.2 Å². The summed E-state index contributed by atoms with van der Waals surface area (Å²) >= 11 is 0. The van der Waals surface area contributed by atoms with Crippen LogP contribution in [0.3, 0.4) is 0 Å². The first-order chi connectivity index (χ1) is 11.7. The maximum absolute atomic E-state index is 12.6. The largest absolute Gasteiger partial charge is 0.492 e. The Bertz CT molecular complexity index is 601. The van der Waals surface area contributed by atoms with Crippen molar-refractivity contribution in [3.05, 3.63) is 24.3 Å². The SMILES string of the molecule is CCOc1ccccc1NC(=O)C1CCCN(C(=O)NC2CC2)C1. The summed E-state index contributed by atoms with van der Waals surface area (Å²) in [6.45, 7) is 3.65. The number of hydrogen-bond donors (Lipinski definition) is 2. The number of ether oxygens (including phenoxy) is 1. The van der Waals surface area contributed by atoms with E-state index in [9.17, 15) is 9.59 Å². The second-order valence-corrected chi connectivity index (χ2v) is 6.43. The van der Waals surface area contributed by atoms with Crippen molar-refractivity contribution in [3.63, 3.8) is 0 Å². The molecule has 1 aliphatic heterocycles. The van der Waals surface area contributed by atoms with Crippen molar-refractivity contribution >= 4 is 17.6 Å². The van der Waals surface area contributed by atoms with E-state index in [0.717, 1.165) is 32.2 Å². The third-order valence-corrected chi connectivity index (χ3v) is 4.43. The predicted molar refractivity (Wildman–Crippen MR) is 92.1 cm³/mol. The lowest BCUT2D eigenvalue weighted by Gasteiger charge is -2.32. The van der Waals surface area contributed by atoms with Crippen LogP contribution >= 0.6 is 0 Å². The number of rotatable bonds is 5. The van der Waals surface area contributed by atoms with E-state index in [0.29, 0.717) is 30.6 Å². The molecule has 3 amide bonds. The monoisotopic (exact) mass is 331 g/mol. The van der Waals surface area contributed by atoms with E-state index in [1.165, 1.54) is 0 Å². The fourth-order valence-corrected chi connectivity index (χ4v) is 2.96. The number of benzene rings is 1. The quantitative estimate of drug-likeness (QED) is 0.871. The van der Waals surface area contributed by atoms with Crippen LogP contribution in [0.4, 0.5) is 10.5 Å². The molecule has 1 saturated heterocycles. The number of carbonyl (C=O) groups is 2. The number of carbonyl (C=O) groups excluding carboxylic acids is 2. The zero-order chi connectivity index (χ0) is 16.9. The van der Waals surface area contributed by atoms with Gasteiger partial charge in [0.25, 0.3) is 0 Å². The minimum atomic E-state index is -0.182. The van der Waals surface area contributed by atoms with E-state index in [4.69, 9.17) is 4.74 Å². The fourth-order valence-electron chi connectivity index (χ4n) is 2.96. The van der Waals surface area contributed by atoms with Gasteiger partial charge >= 0.3 is 6.03 Å². The van der Waals surface area contributed by atoms with Crippen LogP contribution in [0.25, 0.3) is 0 Å². The highest BCUT2D eigenvalue weighted by atomic mass is 16.5. The van der Waals surface area contributed by atoms with Crippen LogP contribution < -0.4 is 15.4 Å². The van der Waals surface area contributed by atoms with E-state index in [1.807, 2.05) is 31.2 Å². The van der Waals surface area contributed by atoms with Gasteiger partial charge in [-0.15, -0.1) is 0 Å². The van der Waals surface area contributed by atoms with Crippen LogP contribution in [0.15, 0.2) is 24.3 Å². The van der Waals surface area contributed by atoms with Crippen LogP contribution in [-0.2, 0) is 4.79 Å². The van der Waals surface area contributed by atoms with Crippen molar-refractivity contribution in [1.82, 2.24) is 10.2 Å². The minimum absolute atomic E-state index is 0.0373. The smallest absolute Gasteiger partial charge is 0.317 e. The number of para-hydroxylation sites is 2. The Morgan fingerprint density at radius 3 is 2.79 bits per heavy atom. The molecule has 130 valence electrons. The van der Waals surface area contributed by atoms with Gasteiger partial charge in [-0.2, -0.15) is 0 Å². The lowest BCUT2D eigenvalue weighted by Crippen LogP contribution is -2.48. The first-order valence-corrected chi connectivity index (χ1v) is 8.75. The Labute approximate surface area is 142 Å². The molecule has 1 aromatic carbocycles. The number of urea groups is 1. The molecule has 1 unspecified atom stereocenters. The van der Waals surface area contributed by atoms with Gasteiger partial charge in [0.1, 0.15) is 5.75 Å². The Morgan fingerprint density at radius 1 is 1.25 bits per heavy atom. The average molecular weight is 331 g/mol. The Kier molecular flexibility index (Phi) is 5.23. The Balaban J connectivity index is 1.59. The second kappa shape index (κ2) is 7.55. The van der Waals surface area contributed by atoms with Gasteiger partial charge in [-0.3, -0.25) is 4.79 Å². The summed E-state index contributed by atoms with van der Waals surface area (Å²) in [7, 11) is 0. The van der Waals surface area contributed by atoms with Gasteiger partial charge in [-0.25, -0.2) is 4.79 Å². The van der Waals surface area contributed by atoms with E-state index in [-0.39, 0.29) is 17.9 Å². The molecule has 1 atom stereocenters. The van der Waals surface area contributed by atoms with Crippen molar-refractivity contribution in [2.75, 3.05) is 25.0 Å².